The SMILES string of the molecule is C/N=N\N(C)c1ccccc1. The molecule has 0 saturated heterocycles. The molecule has 0 spiro atoms. The van der Waals surface area contributed by atoms with Crippen molar-refractivity contribution in [3.63, 3.8) is 0 Å². The average molecular weight is 149 g/mol. The Morgan fingerprint density at radius 3 is 2.36 bits per heavy atom. The maximum absolute atomic E-state index is 3.85. The van der Waals surface area contributed by atoms with E-state index in [1.165, 1.54) is 0 Å². The van der Waals surface area contributed by atoms with Crippen LogP contribution in [0.3, 0.4) is 0 Å². The molecule has 3 nitrogen and oxygen atoms in total. The van der Waals surface area contributed by atoms with Gasteiger partial charge in [-0.2, -0.15) is 5.11 Å². The summed E-state index contributed by atoms with van der Waals surface area (Å²) in [7, 11) is 3.52. The summed E-state index contributed by atoms with van der Waals surface area (Å²) in [6.45, 7) is 0. The Labute approximate surface area is 66.3 Å². The Morgan fingerprint density at radius 1 is 1.18 bits per heavy atom. The monoisotopic (exact) mass is 149 g/mol. The Morgan fingerprint density at radius 2 is 1.82 bits per heavy atom. The number of anilines is 1. The highest BCUT2D eigenvalue weighted by Crippen LogP contribution is 2.10. The van der Waals surface area contributed by atoms with E-state index in [1.54, 1.807) is 12.1 Å². The molecular weight excluding hydrogens is 138 g/mol. The van der Waals surface area contributed by atoms with E-state index in [0.717, 1.165) is 5.69 Å². The molecule has 3 heteroatoms. The summed E-state index contributed by atoms with van der Waals surface area (Å²) in [6.07, 6.45) is 0. The second-order valence-electron chi connectivity index (χ2n) is 2.15. The van der Waals surface area contributed by atoms with E-state index in [4.69, 9.17) is 0 Å². The summed E-state index contributed by atoms with van der Waals surface area (Å²) in [4.78, 5) is 0. The van der Waals surface area contributed by atoms with Crippen molar-refractivity contribution in [3.8, 4) is 0 Å². The van der Waals surface area contributed by atoms with E-state index >= 15 is 0 Å². The van der Waals surface area contributed by atoms with Gasteiger partial charge in [0.05, 0.1) is 12.7 Å². The van der Waals surface area contributed by atoms with E-state index in [-0.39, 0.29) is 0 Å². The molecule has 11 heavy (non-hydrogen) atoms. The van der Waals surface area contributed by atoms with E-state index in [0.29, 0.717) is 0 Å². The van der Waals surface area contributed by atoms with Gasteiger partial charge in [0.25, 0.3) is 0 Å². The molecule has 0 aliphatic heterocycles. The second-order valence-corrected chi connectivity index (χ2v) is 2.15. The molecule has 0 amide bonds. The van der Waals surface area contributed by atoms with Crippen LogP contribution < -0.4 is 5.01 Å². The van der Waals surface area contributed by atoms with Crippen molar-refractivity contribution in [2.45, 2.75) is 0 Å². The minimum atomic E-state index is 1.04. The second kappa shape index (κ2) is 3.71. The Balaban J connectivity index is 2.76. The number of benzene rings is 1. The lowest BCUT2D eigenvalue weighted by Gasteiger charge is -2.09. The van der Waals surface area contributed by atoms with Crippen LogP contribution in [-0.2, 0) is 0 Å². The molecule has 1 rings (SSSR count). The van der Waals surface area contributed by atoms with Gasteiger partial charge < -0.3 is 0 Å². The fourth-order valence-corrected chi connectivity index (χ4v) is 0.830. The topological polar surface area (TPSA) is 28.0 Å². The van der Waals surface area contributed by atoms with E-state index < -0.39 is 0 Å². The summed E-state index contributed by atoms with van der Waals surface area (Å²) < 4.78 is 0. The van der Waals surface area contributed by atoms with Crippen LogP contribution in [0.5, 0.6) is 0 Å². The Hall–Kier alpha value is -1.38. The first kappa shape index (κ1) is 7.72. The van der Waals surface area contributed by atoms with Crippen LogP contribution in [0.2, 0.25) is 0 Å². The number of para-hydroxylation sites is 1. The summed E-state index contributed by atoms with van der Waals surface area (Å²) in [5.41, 5.74) is 1.04. The van der Waals surface area contributed by atoms with Crippen LogP contribution in [0, 0.1) is 0 Å². The molecule has 0 fully saturated rings. The van der Waals surface area contributed by atoms with Crippen LogP contribution in [-0.4, -0.2) is 14.1 Å². The predicted octanol–water partition coefficient (Wildman–Crippen LogP) is 2.12. The highest BCUT2D eigenvalue weighted by Gasteiger charge is 1.93. The zero-order chi connectivity index (χ0) is 8.10. The zero-order valence-electron chi connectivity index (χ0n) is 6.73. The molecule has 0 atom stereocenters. The van der Waals surface area contributed by atoms with E-state index in [2.05, 4.69) is 10.3 Å². The van der Waals surface area contributed by atoms with Crippen LogP contribution in [0.4, 0.5) is 5.69 Å². The molecule has 0 aliphatic carbocycles. The summed E-state index contributed by atoms with van der Waals surface area (Å²) in [6, 6.07) is 9.87. The zero-order valence-corrected chi connectivity index (χ0v) is 6.73. The third-order valence-corrected chi connectivity index (χ3v) is 1.35. The first-order chi connectivity index (χ1) is 5.34. The molecule has 0 aromatic heterocycles. The number of hydrogen-bond donors (Lipinski definition) is 0. The van der Waals surface area contributed by atoms with Crippen molar-refractivity contribution >= 4 is 5.69 Å². The molecule has 0 saturated carbocycles. The predicted molar refractivity (Wildman–Crippen MR) is 45.6 cm³/mol. The lowest BCUT2D eigenvalue weighted by atomic mass is 10.3. The van der Waals surface area contributed by atoms with Gasteiger partial charge in [0, 0.05) is 7.05 Å². The highest BCUT2D eigenvalue weighted by atomic mass is 15.5. The molecule has 0 aliphatic rings. The molecule has 0 heterocycles. The van der Waals surface area contributed by atoms with Gasteiger partial charge in [-0.15, -0.1) is 0 Å². The number of nitrogens with zero attached hydrogens (tertiary/aromatic N) is 3. The fraction of sp³-hybridized carbons (Fsp3) is 0.250. The van der Waals surface area contributed by atoms with Crippen molar-refractivity contribution in [2.24, 2.45) is 10.3 Å². The molecule has 0 bridgehead atoms. The summed E-state index contributed by atoms with van der Waals surface area (Å²) in [5, 5.41) is 9.24. The fourth-order valence-electron chi connectivity index (χ4n) is 0.830. The van der Waals surface area contributed by atoms with Gasteiger partial charge in [-0.25, -0.2) is 0 Å². The van der Waals surface area contributed by atoms with Gasteiger partial charge in [-0.3, -0.25) is 5.01 Å². The minimum absolute atomic E-state index is 1.04. The lowest BCUT2D eigenvalue weighted by molar-refractivity contribution is 0.903. The third-order valence-electron chi connectivity index (χ3n) is 1.35. The van der Waals surface area contributed by atoms with Crippen molar-refractivity contribution < 1.29 is 0 Å². The lowest BCUT2D eigenvalue weighted by Crippen LogP contribution is -2.06. The maximum atomic E-state index is 3.85. The van der Waals surface area contributed by atoms with Gasteiger partial charge in [-0.05, 0) is 12.1 Å². The molecule has 1 aromatic carbocycles. The van der Waals surface area contributed by atoms with Crippen molar-refractivity contribution in [3.05, 3.63) is 30.3 Å². The maximum Gasteiger partial charge on any atom is 0.0607 e. The van der Waals surface area contributed by atoms with Gasteiger partial charge in [0.2, 0.25) is 0 Å². The summed E-state index contributed by atoms with van der Waals surface area (Å²) >= 11 is 0. The summed E-state index contributed by atoms with van der Waals surface area (Å²) in [5.74, 6) is 0. The molecular formula is C8H11N3. The van der Waals surface area contributed by atoms with Crippen molar-refractivity contribution in [2.75, 3.05) is 19.1 Å². The molecule has 0 N–H and O–H groups in total. The highest BCUT2D eigenvalue weighted by molar-refractivity contribution is 5.43. The van der Waals surface area contributed by atoms with Crippen molar-refractivity contribution in [1.82, 2.24) is 0 Å². The van der Waals surface area contributed by atoms with Gasteiger partial charge >= 0.3 is 0 Å². The normalized spacial score (nSPS) is 10.4. The van der Waals surface area contributed by atoms with E-state index in [1.807, 2.05) is 37.4 Å². The number of rotatable bonds is 2. The van der Waals surface area contributed by atoms with Crippen LogP contribution >= 0.6 is 0 Å². The molecule has 58 valence electrons. The van der Waals surface area contributed by atoms with E-state index in [9.17, 15) is 0 Å². The first-order valence-corrected chi connectivity index (χ1v) is 3.43. The van der Waals surface area contributed by atoms with Gasteiger partial charge in [-0.1, -0.05) is 23.4 Å². The molecule has 0 radical (unpaired) electrons. The molecule has 1 aromatic rings. The number of hydrogen-bond acceptors (Lipinski definition) is 2. The average Bonchev–Trinajstić information content (AvgIpc) is 2.07. The largest absolute Gasteiger partial charge is 0.250 e. The standard InChI is InChI=1S/C8H11N3/c1-9-10-11(2)8-6-4-3-5-7-8/h3-7H,1-2H3/b10-9-. The quantitative estimate of drug-likeness (QED) is 0.467. The van der Waals surface area contributed by atoms with Crippen LogP contribution in [0.1, 0.15) is 0 Å². The Kier molecular flexibility index (Phi) is 2.60. The third kappa shape index (κ3) is 2.04. The van der Waals surface area contributed by atoms with Crippen LogP contribution in [0.15, 0.2) is 40.7 Å². The first-order valence-electron chi connectivity index (χ1n) is 3.43. The van der Waals surface area contributed by atoms with Gasteiger partial charge in [0.1, 0.15) is 0 Å². The van der Waals surface area contributed by atoms with Crippen LogP contribution in [0.25, 0.3) is 0 Å². The Bertz CT molecular complexity index is 230. The van der Waals surface area contributed by atoms with Crippen molar-refractivity contribution in [1.29, 1.82) is 0 Å². The van der Waals surface area contributed by atoms with Gasteiger partial charge in [0.15, 0.2) is 0 Å². The minimum Gasteiger partial charge on any atom is -0.250 e. The smallest absolute Gasteiger partial charge is 0.0607 e. The molecule has 0 unspecified atom stereocenters.